The van der Waals surface area contributed by atoms with Crippen molar-refractivity contribution in [3.05, 3.63) is 46.5 Å². The van der Waals surface area contributed by atoms with E-state index in [9.17, 15) is 0 Å². The lowest BCUT2D eigenvalue weighted by Gasteiger charge is -2.23. The molecule has 0 amide bonds. The van der Waals surface area contributed by atoms with Crippen LogP contribution in [0.1, 0.15) is 37.8 Å². The second-order valence-corrected chi connectivity index (χ2v) is 5.23. The number of benzene rings is 1. The molecule has 0 radical (unpaired) electrons. The Labute approximate surface area is 106 Å². The van der Waals surface area contributed by atoms with Crippen molar-refractivity contribution in [2.45, 2.75) is 38.3 Å². The first-order valence-electron chi connectivity index (χ1n) is 5.94. The van der Waals surface area contributed by atoms with Crippen molar-refractivity contribution in [1.29, 1.82) is 0 Å². The van der Waals surface area contributed by atoms with Crippen LogP contribution >= 0.6 is 15.9 Å². The molecular weight excluding hydrogens is 262 g/mol. The van der Waals surface area contributed by atoms with E-state index in [1.165, 1.54) is 29.3 Å². The first kappa shape index (κ1) is 11.9. The van der Waals surface area contributed by atoms with Crippen LogP contribution in [-0.2, 0) is 0 Å². The van der Waals surface area contributed by atoms with Crippen LogP contribution in [0.4, 0.5) is 0 Å². The van der Waals surface area contributed by atoms with E-state index in [2.05, 4.69) is 64.6 Å². The summed E-state index contributed by atoms with van der Waals surface area (Å²) in [5.74, 6) is 0. The fourth-order valence-electron chi connectivity index (χ4n) is 2.19. The number of hydrogen-bond acceptors (Lipinski definition) is 1. The van der Waals surface area contributed by atoms with Crippen molar-refractivity contribution in [3.8, 4) is 0 Å². The van der Waals surface area contributed by atoms with Gasteiger partial charge in [-0.15, -0.1) is 0 Å². The fourth-order valence-corrected chi connectivity index (χ4v) is 2.82. The molecule has 1 aliphatic carbocycles. The first-order valence-corrected chi connectivity index (χ1v) is 6.74. The number of allylic oxidation sites excluding steroid dienone is 1. The van der Waals surface area contributed by atoms with E-state index in [1.807, 2.05) is 0 Å². The molecule has 0 spiro atoms. The maximum atomic E-state index is 3.66. The molecule has 0 saturated carbocycles. The van der Waals surface area contributed by atoms with Crippen molar-refractivity contribution in [2.24, 2.45) is 0 Å². The summed E-state index contributed by atoms with van der Waals surface area (Å²) in [5.41, 5.74) is 1.33. The van der Waals surface area contributed by atoms with Gasteiger partial charge in [-0.3, -0.25) is 0 Å². The lowest BCUT2D eigenvalue weighted by Crippen LogP contribution is -2.31. The topological polar surface area (TPSA) is 12.0 Å². The molecule has 2 rings (SSSR count). The number of nitrogens with one attached hydrogen (secondary N) is 1. The van der Waals surface area contributed by atoms with Gasteiger partial charge in [0.25, 0.3) is 0 Å². The molecule has 16 heavy (non-hydrogen) atoms. The average molecular weight is 280 g/mol. The minimum absolute atomic E-state index is 0.392. The minimum Gasteiger partial charge on any atom is -0.304 e. The van der Waals surface area contributed by atoms with E-state index in [0.717, 1.165) is 0 Å². The highest BCUT2D eigenvalue weighted by atomic mass is 79.9. The smallest absolute Gasteiger partial charge is 0.0308 e. The molecule has 1 aliphatic rings. The maximum Gasteiger partial charge on any atom is 0.0308 e. The van der Waals surface area contributed by atoms with E-state index in [1.54, 1.807) is 0 Å². The molecule has 0 heterocycles. The van der Waals surface area contributed by atoms with Gasteiger partial charge in [-0.25, -0.2) is 0 Å². The summed E-state index contributed by atoms with van der Waals surface area (Å²) in [6.07, 6.45) is 8.38. The van der Waals surface area contributed by atoms with Crippen molar-refractivity contribution in [1.82, 2.24) is 5.32 Å². The standard InChI is InChI=1S/C14H18BrN/c1-11(13-9-5-6-10-14(13)15)16-12-7-3-2-4-8-12/h3,5-7,9-12,16H,2,4,8H2,1H3/t11-,12?/m1/s1. The Balaban J connectivity index is 2.02. The van der Waals surface area contributed by atoms with Gasteiger partial charge in [0.15, 0.2) is 0 Å². The van der Waals surface area contributed by atoms with E-state index in [-0.39, 0.29) is 0 Å². The van der Waals surface area contributed by atoms with Gasteiger partial charge in [0.1, 0.15) is 0 Å². The zero-order valence-corrected chi connectivity index (χ0v) is 11.2. The van der Waals surface area contributed by atoms with Gasteiger partial charge >= 0.3 is 0 Å². The molecule has 2 heteroatoms. The largest absolute Gasteiger partial charge is 0.304 e. The second kappa shape index (κ2) is 5.65. The third kappa shape index (κ3) is 2.96. The Morgan fingerprint density at radius 3 is 2.88 bits per heavy atom. The Bertz CT molecular complexity index is 373. The fraction of sp³-hybridized carbons (Fsp3) is 0.429. The Kier molecular flexibility index (Phi) is 4.19. The number of rotatable bonds is 3. The lowest BCUT2D eigenvalue weighted by atomic mass is 10.0. The zero-order chi connectivity index (χ0) is 11.4. The Morgan fingerprint density at radius 1 is 1.38 bits per heavy atom. The predicted octanol–water partition coefficient (Wildman–Crippen LogP) is 4.21. The van der Waals surface area contributed by atoms with Gasteiger partial charge < -0.3 is 5.32 Å². The van der Waals surface area contributed by atoms with Crippen LogP contribution in [0.5, 0.6) is 0 Å². The van der Waals surface area contributed by atoms with Crippen LogP contribution in [0.15, 0.2) is 40.9 Å². The molecule has 2 atom stereocenters. The van der Waals surface area contributed by atoms with Crippen LogP contribution in [0.2, 0.25) is 0 Å². The molecule has 1 N–H and O–H groups in total. The normalized spacial score (nSPS) is 22.0. The highest BCUT2D eigenvalue weighted by Crippen LogP contribution is 2.24. The summed E-state index contributed by atoms with van der Waals surface area (Å²) < 4.78 is 1.19. The van der Waals surface area contributed by atoms with Gasteiger partial charge in [0.05, 0.1) is 0 Å². The second-order valence-electron chi connectivity index (χ2n) is 4.38. The van der Waals surface area contributed by atoms with Gasteiger partial charge in [-0.2, -0.15) is 0 Å². The van der Waals surface area contributed by atoms with E-state index in [4.69, 9.17) is 0 Å². The van der Waals surface area contributed by atoms with Crippen LogP contribution in [0, 0.1) is 0 Å². The van der Waals surface area contributed by atoms with Crippen LogP contribution in [0.25, 0.3) is 0 Å². The molecule has 0 saturated heterocycles. The van der Waals surface area contributed by atoms with Gasteiger partial charge in [-0.05, 0) is 37.8 Å². The summed E-state index contributed by atoms with van der Waals surface area (Å²) >= 11 is 3.60. The molecule has 0 bridgehead atoms. The van der Waals surface area contributed by atoms with Gasteiger partial charge in [0, 0.05) is 16.6 Å². The van der Waals surface area contributed by atoms with Gasteiger partial charge in [0.2, 0.25) is 0 Å². The summed E-state index contributed by atoms with van der Waals surface area (Å²) in [7, 11) is 0. The van der Waals surface area contributed by atoms with E-state index >= 15 is 0 Å². The van der Waals surface area contributed by atoms with Gasteiger partial charge in [-0.1, -0.05) is 46.3 Å². The predicted molar refractivity (Wildman–Crippen MR) is 72.5 cm³/mol. The molecule has 1 unspecified atom stereocenters. The molecule has 1 aromatic rings. The van der Waals surface area contributed by atoms with Crippen LogP contribution in [0.3, 0.4) is 0 Å². The first-order chi connectivity index (χ1) is 7.77. The van der Waals surface area contributed by atoms with Crippen LogP contribution in [-0.4, -0.2) is 6.04 Å². The molecule has 86 valence electrons. The lowest BCUT2D eigenvalue weighted by molar-refractivity contribution is 0.467. The number of halogens is 1. The van der Waals surface area contributed by atoms with E-state index in [0.29, 0.717) is 12.1 Å². The Morgan fingerprint density at radius 2 is 2.19 bits per heavy atom. The SMILES string of the molecule is C[C@@H](NC1C=CCCC1)c1ccccc1Br. The van der Waals surface area contributed by atoms with Crippen molar-refractivity contribution >= 4 is 15.9 Å². The average Bonchev–Trinajstić information content (AvgIpc) is 2.31. The summed E-state index contributed by atoms with van der Waals surface area (Å²) in [4.78, 5) is 0. The summed E-state index contributed by atoms with van der Waals surface area (Å²) in [5, 5.41) is 3.66. The highest BCUT2D eigenvalue weighted by Gasteiger charge is 2.14. The van der Waals surface area contributed by atoms with Crippen molar-refractivity contribution in [3.63, 3.8) is 0 Å². The molecule has 1 nitrogen and oxygen atoms in total. The quantitative estimate of drug-likeness (QED) is 0.818. The minimum atomic E-state index is 0.392. The highest BCUT2D eigenvalue weighted by molar-refractivity contribution is 9.10. The third-order valence-electron chi connectivity index (χ3n) is 3.09. The molecule has 1 aromatic carbocycles. The maximum absolute atomic E-state index is 3.66. The monoisotopic (exact) mass is 279 g/mol. The molecular formula is C14H18BrN. The summed E-state index contributed by atoms with van der Waals surface area (Å²) in [6, 6.07) is 9.35. The summed E-state index contributed by atoms with van der Waals surface area (Å²) in [6.45, 7) is 2.22. The molecule has 0 aromatic heterocycles. The van der Waals surface area contributed by atoms with Crippen molar-refractivity contribution < 1.29 is 0 Å². The zero-order valence-electron chi connectivity index (χ0n) is 9.62. The van der Waals surface area contributed by atoms with Crippen LogP contribution < -0.4 is 5.32 Å². The number of hydrogen-bond donors (Lipinski definition) is 1. The third-order valence-corrected chi connectivity index (χ3v) is 3.81. The molecule has 0 fully saturated rings. The van der Waals surface area contributed by atoms with E-state index < -0.39 is 0 Å². The Hall–Kier alpha value is -0.600. The molecule has 0 aliphatic heterocycles. The van der Waals surface area contributed by atoms with Crippen molar-refractivity contribution in [2.75, 3.05) is 0 Å².